The van der Waals surface area contributed by atoms with Crippen molar-refractivity contribution >= 4 is 17.4 Å². The fourth-order valence-electron chi connectivity index (χ4n) is 3.67. The number of nitrogens with zero attached hydrogens (tertiary/aromatic N) is 1. The van der Waals surface area contributed by atoms with Crippen molar-refractivity contribution in [3.05, 3.63) is 59.2 Å². The van der Waals surface area contributed by atoms with Gasteiger partial charge in [-0.25, -0.2) is 4.79 Å². The molecule has 2 aliphatic rings. The van der Waals surface area contributed by atoms with Crippen LogP contribution < -0.4 is 15.5 Å². The van der Waals surface area contributed by atoms with Crippen LogP contribution >= 0.6 is 0 Å². The Morgan fingerprint density at radius 2 is 2.04 bits per heavy atom. The number of urea groups is 1. The molecule has 3 N–H and O–H groups in total. The number of aliphatic hydroxyl groups excluding tert-OH is 1. The Balaban J connectivity index is 1.47. The van der Waals surface area contributed by atoms with E-state index in [1.807, 2.05) is 36.4 Å². The van der Waals surface area contributed by atoms with Crippen LogP contribution in [0.4, 0.5) is 16.2 Å². The molecular weight excluding hydrogens is 302 g/mol. The van der Waals surface area contributed by atoms with Gasteiger partial charge in [0.1, 0.15) is 0 Å². The number of aliphatic hydroxyl groups is 1. The van der Waals surface area contributed by atoms with Gasteiger partial charge in [0.05, 0.1) is 12.1 Å². The molecule has 0 bridgehead atoms. The third-order valence-electron chi connectivity index (χ3n) is 4.96. The molecule has 1 heterocycles. The van der Waals surface area contributed by atoms with Crippen LogP contribution in [0.1, 0.15) is 22.7 Å². The first-order chi connectivity index (χ1) is 11.6. The van der Waals surface area contributed by atoms with Crippen LogP contribution in [-0.2, 0) is 12.8 Å². The van der Waals surface area contributed by atoms with Gasteiger partial charge in [-0.1, -0.05) is 30.3 Å². The van der Waals surface area contributed by atoms with Crippen molar-refractivity contribution in [3.63, 3.8) is 0 Å². The number of rotatable bonds is 2. The van der Waals surface area contributed by atoms with Crippen LogP contribution in [0.3, 0.4) is 0 Å². The third-order valence-corrected chi connectivity index (χ3v) is 4.96. The summed E-state index contributed by atoms with van der Waals surface area (Å²) in [7, 11) is 2.06. The Kier molecular flexibility index (Phi) is 3.65. The lowest BCUT2D eigenvalue weighted by Crippen LogP contribution is -2.36. The molecule has 0 fully saturated rings. The van der Waals surface area contributed by atoms with Crippen LogP contribution in [-0.4, -0.2) is 30.8 Å². The lowest BCUT2D eigenvalue weighted by molar-refractivity contribution is 0.144. The lowest BCUT2D eigenvalue weighted by atomic mass is 10.1. The van der Waals surface area contributed by atoms with Crippen molar-refractivity contribution in [3.8, 4) is 0 Å². The molecule has 0 saturated carbocycles. The molecular formula is C19H21N3O2. The standard InChI is InChI=1S/C19H21N3O2/c1-22-9-8-12-6-7-14(11-16(12)22)20-19(24)21-18-15-5-3-2-4-13(15)10-17(18)23/h2-7,11,17-18,23H,8-10H2,1H3,(H2,20,21,24)/t17-,18+/m0/s1. The van der Waals surface area contributed by atoms with Gasteiger partial charge in [0.2, 0.25) is 0 Å². The maximum Gasteiger partial charge on any atom is 0.319 e. The van der Waals surface area contributed by atoms with Crippen molar-refractivity contribution < 1.29 is 9.90 Å². The first-order valence-corrected chi connectivity index (χ1v) is 8.29. The van der Waals surface area contributed by atoms with Gasteiger partial charge in [-0.3, -0.25) is 0 Å². The van der Waals surface area contributed by atoms with E-state index in [1.54, 1.807) is 0 Å². The van der Waals surface area contributed by atoms with E-state index in [4.69, 9.17) is 0 Å². The summed E-state index contributed by atoms with van der Waals surface area (Å²) in [4.78, 5) is 14.5. The molecule has 4 rings (SSSR count). The number of hydrogen-bond acceptors (Lipinski definition) is 3. The summed E-state index contributed by atoms with van der Waals surface area (Å²) in [6.45, 7) is 1.01. The Labute approximate surface area is 141 Å². The van der Waals surface area contributed by atoms with Gasteiger partial charge in [-0.15, -0.1) is 0 Å². The van der Waals surface area contributed by atoms with E-state index in [2.05, 4.69) is 28.6 Å². The molecule has 0 saturated heterocycles. The summed E-state index contributed by atoms with van der Waals surface area (Å²) in [5, 5.41) is 16.0. The maximum atomic E-state index is 12.4. The number of hydrogen-bond donors (Lipinski definition) is 3. The zero-order valence-electron chi connectivity index (χ0n) is 13.6. The smallest absolute Gasteiger partial charge is 0.319 e. The molecule has 5 heteroatoms. The topological polar surface area (TPSA) is 64.6 Å². The second-order valence-electron chi connectivity index (χ2n) is 6.56. The Bertz CT molecular complexity index is 790. The number of likely N-dealkylation sites (N-methyl/N-ethyl adjacent to an activating group) is 1. The molecule has 0 unspecified atom stereocenters. The van der Waals surface area contributed by atoms with E-state index >= 15 is 0 Å². The summed E-state index contributed by atoms with van der Waals surface area (Å²) < 4.78 is 0. The maximum absolute atomic E-state index is 12.4. The minimum Gasteiger partial charge on any atom is -0.390 e. The first-order valence-electron chi connectivity index (χ1n) is 8.29. The van der Waals surface area contributed by atoms with E-state index in [0.29, 0.717) is 6.42 Å². The molecule has 2 aromatic carbocycles. The lowest BCUT2D eigenvalue weighted by Gasteiger charge is -2.19. The molecule has 2 amide bonds. The number of amides is 2. The first kappa shape index (κ1) is 15.0. The number of anilines is 2. The van der Waals surface area contributed by atoms with Crippen molar-refractivity contribution in [1.82, 2.24) is 5.32 Å². The van der Waals surface area contributed by atoms with Gasteiger partial charge in [0.25, 0.3) is 0 Å². The van der Waals surface area contributed by atoms with E-state index < -0.39 is 6.10 Å². The summed E-state index contributed by atoms with van der Waals surface area (Å²) >= 11 is 0. The normalized spacial score (nSPS) is 21.3. The Morgan fingerprint density at radius 3 is 2.92 bits per heavy atom. The fraction of sp³-hybridized carbons (Fsp3) is 0.316. The highest BCUT2D eigenvalue weighted by Gasteiger charge is 2.31. The van der Waals surface area contributed by atoms with Crippen LogP contribution in [0.5, 0.6) is 0 Å². The van der Waals surface area contributed by atoms with Gasteiger partial charge in [0.15, 0.2) is 0 Å². The molecule has 0 spiro atoms. The van der Waals surface area contributed by atoms with Gasteiger partial charge in [-0.2, -0.15) is 0 Å². The molecule has 2 atom stereocenters. The van der Waals surface area contributed by atoms with E-state index in [1.165, 1.54) is 11.3 Å². The minimum absolute atomic E-state index is 0.295. The summed E-state index contributed by atoms with van der Waals surface area (Å²) in [6.07, 6.45) is 1.04. The fourth-order valence-corrected chi connectivity index (χ4v) is 3.67. The van der Waals surface area contributed by atoms with Gasteiger partial charge in [0, 0.05) is 31.4 Å². The molecule has 0 radical (unpaired) electrons. The highest BCUT2D eigenvalue weighted by atomic mass is 16.3. The number of fused-ring (bicyclic) bond motifs is 2. The molecule has 124 valence electrons. The highest BCUT2D eigenvalue weighted by Crippen LogP contribution is 2.32. The zero-order valence-corrected chi connectivity index (χ0v) is 13.6. The van der Waals surface area contributed by atoms with Gasteiger partial charge in [-0.05, 0) is 35.2 Å². The largest absolute Gasteiger partial charge is 0.390 e. The minimum atomic E-state index is -0.584. The average molecular weight is 323 g/mol. The molecule has 5 nitrogen and oxygen atoms in total. The van der Waals surface area contributed by atoms with E-state index in [0.717, 1.165) is 29.8 Å². The monoisotopic (exact) mass is 323 g/mol. The van der Waals surface area contributed by atoms with E-state index in [-0.39, 0.29) is 12.1 Å². The summed E-state index contributed by atoms with van der Waals surface area (Å²) in [5.41, 5.74) is 5.33. The zero-order chi connectivity index (χ0) is 16.7. The predicted molar refractivity (Wildman–Crippen MR) is 94.5 cm³/mol. The summed E-state index contributed by atoms with van der Waals surface area (Å²) in [6, 6.07) is 13.2. The number of carbonyl (C=O) groups is 1. The van der Waals surface area contributed by atoms with Crippen molar-refractivity contribution in [2.24, 2.45) is 0 Å². The summed E-state index contributed by atoms with van der Waals surface area (Å²) in [5.74, 6) is 0. The number of carbonyl (C=O) groups excluding carboxylic acids is 1. The van der Waals surface area contributed by atoms with Crippen LogP contribution in [0.15, 0.2) is 42.5 Å². The molecule has 2 aromatic rings. The quantitative estimate of drug-likeness (QED) is 0.795. The highest BCUT2D eigenvalue weighted by molar-refractivity contribution is 5.90. The number of benzene rings is 2. The van der Waals surface area contributed by atoms with Crippen molar-refractivity contribution in [2.45, 2.75) is 25.0 Å². The molecule has 0 aromatic heterocycles. The molecule has 1 aliphatic carbocycles. The Morgan fingerprint density at radius 1 is 1.21 bits per heavy atom. The van der Waals surface area contributed by atoms with Crippen LogP contribution in [0.25, 0.3) is 0 Å². The molecule has 24 heavy (non-hydrogen) atoms. The number of nitrogens with one attached hydrogen (secondary N) is 2. The predicted octanol–water partition coefficient (Wildman–Crippen LogP) is 2.46. The second-order valence-corrected chi connectivity index (χ2v) is 6.56. The third kappa shape index (κ3) is 2.61. The van der Waals surface area contributed by atoms with Crippen molar-refractivity contribution in [2.75, 3.05) is 23.8 Å². The second kappa shape index (κ2) is 5.83. The van der Waals surface area contributed by atoms with Gasteiger partial charge >= 0.3 is 6.03 Å². The van der Waals surface area contributed by atoms with Crippen molar-refractivity contribution in [1.29, 1.82) is 0 Å². The average Bonchev–Trinajstić information content (AvgIpc) is 3.09. The SMILES string of the molecule is CN1CCc2ccc(NC(=O)N[C@@H]3c4ccccc4C[C@@H]3O)cc21. The van der Waals surface area contributed by atoms with Crippen LogP contribution in [0, 0.1) is 0 Å². The van der Waals surface area contributed by atoms with E-state index in [9.17, 15) is 9.90 Å². The Hall–Kier alpha value is -2.53. The molecule has 1 aliphatic heterocycles. The van der Waals surface area contributed by atoms with Crippen LogP contribution in [0.2, 0.25) is 0 Å². The van der Waals surface area contributed by atoms with Gasteiger partial charge < -0.3 is 20.6 Å².